The van der Waals surface area contributed by atoms with Crippen molar-refractivity contribution >= 4 is 94.5 Å². The zero-order chi connectivity index (χ0) is 65.1. The summed E-state index contributed by atoms with van der Waals surface area (Å²) in [5.74, 6) is -11.9. The lowest BCUT2D eigenvalue weighted by Gasteiger charge is -2.37. The second-order valence-electron chi connectivity index (χ2n) is 21.0. The lowest BCUT2D eigenvalue weighted by atomic mass is 10.0. The third-order valence-corrected chi connectivity index (χ3v) is 14.2. The zero-order valence-electron chi connectivity index (χ0n) is 48.6. The molecule has 0 saturated carbocycles. The lowest BCUT2D eigenvalue weighted by Crippen LogP contribution is -2.54. The van der Waals surface area contributed by atoms with Crippen molar-refractivity contribution in [3.63, 3.8) is 0 Å². The van der Waals surface area contributed by atoms with E-state index in [0.717, 1.165) is 5.56 Å². The fourth-order valence-corrected chi connectivity index (χ4v) is 9.62. The average Bonchev–Trinajstić information content (AvgIpc) is 3.66. The highest BCUT2D eigenvalue weighted by Gasteiger charge is 2.31. The van der Waals surface area contributed by atoms with Crippen molar-refractivity contribution in [2.24, 2.45) is 0 Å². The fourth-order valence-electron chi connectivity index (χ4n) is 9.40. The van der Waals surface area contributed by atoms with Gasteiger partial charge in [-0.05, 0) is 86.8 Å². The fraction of sp³-hybridized carbons (Fsp3) is 0.554. The molecule has 15 N–H and O–H groups in total. The molecule has 1 aliphatic rings. The molecular weight excluding hydrogens is 1180 g/mol. The number of anilines is 1. The standard InChI is InChI=1S/C56H81N11O20S/c68-44(60-40(17-19-45(69)70)52(82)61-43(30-36-9-3-1-4-10-36)51(81)57-21-8-6-11-41(53(83)84)62-55(87)63-42(54(85)86)18-20-46(71)72)12-5-2-7-22-58-56(88)59-38-15-13-37(14-16-38)29-39-31-66(34-49(77)78)26-25-64(32-47(73)74)23-24-65(33-48(75)76)27-28-67(39)35-50(79)80/h1,3-4,9-10,13-16,39-43H,2,5-8,11-12,17-35H2,(H,57,81)(H,60,68)(H,61,82)(H,69,70)(H,71,72)(H,73,74)(H,75,76)(H,77,78)(H,79,80)(H,83,84)(H,85,86)(H2,58,59,88)(H2,62,63,87)/t39-,40-,41-,42-,43-/m0/s1. The molecule has 0 unspecified atom stereocenters. The lowest BCUT2D eigenvalue weighted by molar-refractivity contribution is -0.142. The molecule has 5 atom stereocenters. The normalized spacial score (nSPS) is 15.8. The Balaban J connectivity index is 1.55. The van der Waals surface area contributed by atoms with Crippen LogP contribution in [-0.4, -0.2) is 252 Å². The van der Waals surface area contributed by atoms with Gasteiger partial charge >= 0.3 is 53.8 Å². The highest BCUT2D eigenvalue weighted by molar-refractivity contribution is 7.80. The van der Waals surface area contributed by atoms with Gasteiger partial charge in [0.15, 0.2) is 5.11 Å². The van der Waals surface area contributed by atoms with Crippen molar-refractivity contribution in [1.82, 2.24) is 51.5 Å². The molecule has 31 nitrogen and oxygen atoms in total. The van der Waals surface area contributed by atoms with Gasteiger partial charge in [0, 0.05) is 96.3 Å². The first-order chi connectivity index (χ1) is 41.8. The van der Waals surface area contributed by atoms with Gasteiger partial charge in [0.25, 0.3) is 0 Å². The predicted octanol–water partition coefficient (Wildman–Crippen LogP) is -0.562. The summed E-state index contributed by atoms with van der Waals surface area (Å²) in [7, 11) is 0. The highest BCUT2D eigenvalue weighted by Crippen LogP contribution is 2.17. The molecule has 32 heteroatoms. The molecule has 3 rings (SSSR count). The average molecular weight is 1260 g/mol. The Labute approximate surface area is 512 Å². The summed E-state index contributed by atoms with van der Waals surface area (Å²) in [6, 6.07) is 8.44. The summed E-state index contributed by atoms with van der Waals surface area (Å²) in [6.07, 6.45) is 0.120. The second kappa shape index (κ2) is 40.0. The minimum Gasteiger partial charge on any atom is -0.481 e. The Morgan fingerprint density at radius 3 is 1.53 bits per heavy atom. The highest BCUT2D eigenvalue weighted by atomic mass is 32.1. The monoisotopic (exact) mass is 1260 g/mol. The number of aliphatic carboxylic acids is 8. The van der Waals surface area contributed by atoms with Crippen molar-refractivity contribution in [3.8, 4) is 0 Å². The van der Waals surface area contributed by atoms with Gasteiger partial charge in [-0.3, -0.25) is 62.8 Å². The summed E-state index contributed by atoms with van der Waals surface area (Å²) in [4.78, 5) is 153. The van der Waals surface area contributed by atoms with Crippen LogP contribution in [0, 0.1) is 0 Å². The van der Waals surface area contributed by atoms with E-state index in [2.05, 4.69) is 31.9 Å². The number of benzene rings is 2. The van der Waals surface area contributed by atoms with Crippen LogP contribution in [0.15, 0.2) is 54.6 Å². The van der Waals surface area contributed by atoms with Gasteiger partial charge in [-0.15, -0.1) is 0 Å². The molecule has 0 radical (unpaired) electrons. The maximum absolute atomic E-state index is 13.7. The molecule has 5 amide bonds. The molecule has 0 aliphatic carbocycles. The van der Waals surface area contributed by atoms with Crippen LogP contribution >= 0.6 is 12.2 Å². The Morgan fingerprint density at radius 2 is 0.977 bits per heavy atom. The molecule has 1 heterocycles. The number of hydrogen-bond donors (Lipinski definition) is 15. The minimum atomic E-state index is -1.59. The first-order valence-electron chi connectivity index (χ1n) is 28.6. The molecular formula is C56H81N11O20S. The van der Waals surface area contributed by atoms with Gasteiger partial charge in [-0.25, -0.2) is 14.4 Å². The predicted molar refractivity (Wildman–Crippen MR) is 317 cm³/mol. The maximum atomic E-state index is 13.7. The summed E-state index contributed by atoms with van der Waals surface area (Å²) in [5, 5.41) is 94.7. The molecule has 1 saturated heterocycles. The SMILES string of the molecule is O=C(O)CC[C@H](NC(=O)N[C@@H](CCCCNC(=O)[C@H](Cc1ccccc1)NC(=O)[C@H](CCC(=O)O)NC(=O)CCCCCNC(=S)Nc1ccc(C[C@H]2CN(CC(=O)O)CCN(CC(=O)O)CCN(CC(=O)O)CCN2CC(=O)O)cc1)C(=O)O)C(=O)O. The van der Waals surface area contributed by atoms with Crippen molar-refractivity contribution in [2.45, 2.75) is 114 Å². The van der Waals surface area contributed by atoms with Crippen molar-refractivity contribution in [2.75, 3.05) is 90.4 Å². The van der Waals surface area contributed by atoms with Crippen LogP contribution in [0.2, 0.25) is 0 Å². The third kappa shape index (κ3) is 31.7. The first-order valence-corrected chi connectivity index (χ1v) is 29.0. The molecule has 486 valence electrons. The largest absolute Gasteiger partial charge is 0.481 e. The number of carbonyl (C=O) groups is 12. The molecule has 0 bridgehead atoms. The van der Waals surface area contributed by atoms with E-state index < -0.39 is 134 Å². The van der Waals surface area contributed by atoms with Gasteiger partial charge in [0.2, 0.25) is 17.7 Å². The van der Waals surface area contributed by atoms with E-state index in [4.69, 9.17) is 17.3 Å². The van der Waals surface area contributed by atoms with Crippen LogP contribution in [0.25, 0.3) is 0 Å². The van der Waals surface area contributed by atoms with Crippen LogP contribution in [0.5, 0.6) is 0 Å². The van der Waals surface area contributed by atoms with Crippen LogP contribution in [-0.2, 0) is 65.6 Å². The van der Waals surface area contributed by atoms with Crippen molar-refractivity contribution in [1.29, 1.82) is 0 Å². The molecule has 0 aromatic heterocycles. The molecule has 88 heavy (non-hydrogen) atoms. The molecule has 1 fully saturated rings. The number of nitrogens with zero attached hydrogens (tertiary/aromatic N) is 4. The quantitative estimate of drug-likeness (QED) is 0.0296. The Kier molecular flexibility index (Phi) is 33.5. The van der Waals surface area contributed by atoms with Gasteiger partial charge in [0.1, 0.15) is 24.2 Å². The summed E-state index contributed by atoms with van der Waals surface area (Å²) >= 11 is 5.50. The molecule has 2 aromatic rings. The van der Waals surface area contributed by atoms with E-state index in [1.807, 2.05) is 5.32 Å². The van der Waals surface area contributed by atoms with Gasteiger partial charge in [-0.1, -0.05) is 48.9 Å². The molecule has 1 aliphatic heterocycles. The number of carboxylic acids is 8. The van der Waals surface area contributed by atoms with Gasteiger partial charge < -0.3 is 78.1 Å². The number of thiocarbonyl (C=S) groups is 1. The van der Waals surface area contributed by atoms with E-state index in [1.54, 1.807) is 74.2 Å². The topological polar surface area (TPSA) is 464 Å². The number of rotatable bonds is 38. The van der Waals surface area contributed by atoms with Crippen LogP contribution < -0.4 is 37.2 Å². The van der Waals surface area contributed by atoms with Crippen LogP contribution in [0.4, 0.5) is 10.5 Å². The number of carbonyl (C=O) groups excluding carboxylic acids is 4. The van der Waals surface area contributed by atoms with E-state index in [-0.39, 0.29) is 116 Å². The number of nitrogens with one attached hydrogen (secondary N) is 7. The Morgan fingerprint density at radius 1 is 0.466 bits per heavy atom. The second-order valence-corrected chi connectivity index (χ2v) is 21.4. The number of hydrogen-bond acceptors (Lipinski definition) is 17. The Hall–Kier alpha value is -8.59. The first kappa shape index (κ1) is 73.7. The zero-order valence-corrected chi connectivity index (χ0v) is 49.5. The van der Waals surface area contributed by atoms with E-state index in [9.17, 15) is 93.3 Å². The number of urea groups is 1. The summed E-state index contributed by atoms with van der Waals surface area (Å²) in [5.41, 5.74) is 2.03. The van der Waals surface area contributed by atoms with E-state index in [1.165, 1.54) is 0 Å². The van der Waals surface area contributed by atoms with E-state index >= 15 is 0 Å². The summed E-state index contributed by atoms with van der Waals surface area (Å²) < 4.78 is 0. The van der Waals surface area contributed by atoms with Crippen LogP contribution in [0.1, 0.15) is 81.8 Å². The van der Waals surface area contributed by atoms with Crippen molar-refractivity contribution in [3.05, 3.63) is 65.7 Å². The number of amides is 5. The minimum absolute atomic E-state index is 0.00283. The number of unbranched alkanes of at least 4 members (excludes halogenated alkanes) is 3. The number of carboxylic acid groups (broad SMARTS) is 8. The Bertz CT molecular complexity index is 2680. The van der Waals surface area contributed by atoms with Gasteiger partial charge in [-0.2, -0.15) is 0 Å². The smallest absolute Gasteiger partial charge is 0.326 e. The van der Waals surface area contributed by atoms with Crippen LogP contribution in [0.3, 0.4) is 0 Å². The van der Waals surface area contributed by atoms with Crippen molar-refractivity contribution < 1.29 is 98.4 Å². The van der Waals surface area contributed by atoms with E-state index in [0.29, 0.717) is 37.1 Å². The van der Waals surface area contributed by atoms with Gasteiger partial charge in [0.05, 0.1) is 26.2 Å². The summed E-state index contributed by atoms with van der Waals surface area (Å²) in [6.45, 7) is -0.0683. The maximum Gasteiger partial charge on any atom is 0.326 e. The third-order valence-electron chi connectivity index (χ3n) is 13.9. The molecule has 0 spiro atoms. The molecule has 2 aromatic carbocycles.